The fourth-order valence-electron chi connectivity index (χ4n) is 7.33. The number of nitrogens with one attached hydrogen (secondary N) is 1. The number of carbonyl (C=O) groups excluding carboxylic acids is 1. The van der Waals surface area contributed by atoms with E-state index in [1.807, 2.05) is 6.08 Å². The Hall–Kier alpha value is -0.950. The van der Waals surface area contributed by atoms with Crippen LogP contribution in [0.2, 0.25) is 0 Å². The van der Waals surface area contributed by atoms with Crippen molar-refractivity contribution in [1.82, 2.24) is 5.32 Å². The Morgan fingerprint density at radius 2 is 1.06 bits per heavy atom. The fourth-order valence-corrected chi connectivity index (χ4v) is 7.33. The van der Waals surface area contributed by atoms with Crippen LogP contribution in [0.3, 0.4) is 0 Å². The summed E-state index contributed by atoms with van der Waals surface area (Å²) >= 11 is 0. The third kappa shape index (κ3) is 26.5. The van der Waals surface area contributed by atoms with E-state index >= 15 is 0 Å². The Balaban J connectivity index is 1.95. The van der Waals surface area contributed by atoms with Gasteiger partial charge in [-0.3, -0.25) is 4.79 Å². The molecule has 0 saturated heterocycles. The maximum Gasteiger partial charge on any atom is 0.249 e. The first-order valence-corrected chi connectivity index (χ1v) is 21.5. The molecule has 49 heavy (non-hydrogen) atoms. The van der Waals surface area contributed by atoms with Gasteiger partial charge in [0, 0.05) is 0 Å². The Morgan fingerprint density at radius 3 is 1.53 bits per heavy atom. The number of aliphatic hydroxyl groups is 4. The average Bonchev–Trinajstić information content (AvgIpc) is 3.87. The van der Waals surface area contributed by atoms with Gasteiger partial charge in [0.15, 0.2) is 0 Å². The minimum absolute atomic E-state index is 0.261. The summed E-state index contributed by atoms with van der Waals surface area (Å²) in [7, 11) is 0. The highest BCUT2D eigenvalue weighted by Gasteiger charge is 2.35. The standard InChI is InChI=1S/C43H83NO5/c1-3-5-7-8-9-10-11-12-13-14-15-16-17-18-19-20-21-22-23-26-30-34-41(47)43(49)44-39(36-45)42(48)40(46)33-29-27-24-25-28-32-38-35-37(38)31-6-4-2/h27,29,37-42,45-48H,3-26,28,30-36H2,1-2H3,(H,44,49)/b29-27+/t37?,38?,39?,40-,41-,42+/m1/s1. The molecule has 1 amide bonds. The second-order valence-corrected chi connectivity index (χ2v) is 15.6. The van der Waals surface area contributed by atoms with Gasteiger partial charge in [-0.15, -0.1) is 0 Å². The van der Waals surface area contributed by atoms with Crippen LogP contribution in [0.15, 0.2) is 12.2 Å². The molecule has 1 saturated carbocycles. The first-order chi connectivity index (χ1) is 23.9. The predicted molar refractivity (Wildman–Crippen MR) is 208 cm³/mol. The lowest BCUT2D eigenvalue weighted by molar-refractivity contribution is -0.132. The molecule has 6 heteroatoms. The molecule has 0 aromatic rings. The van der Waals surface area contributed by atoms with E-state index in [4.69, 9.17) is 0 Å². The number of carbonyl (C=O) groups is 1. The smallest absolute Gasteiger partial charge is 0.249 e. The van der Waals surface area contributed by atoms with Crippen LogP contribution in [0, 0.1) is 11.8 Å². The highest BCUT2D eigenvalue weighted by molar-refractivity contribution is 5.80. The number of allylic oxidation sites excluding steroid dienone is 1. The summed E-state index contributed by atoms with van der Waals surface area (Å²) in [4.78, 5) is 12.5. The van der Waals surface area contributed by atoms with E-state index in [0.29, 0.717) is 6.42 Å². The van der Waals surface area contributed by atoms with E-state index in [1.165, 1.54) is 154 Å². The molecule has 0 spiro atoms. The van der Waals surface area contributed by atoms with Gasteiger partial charge in [-0.05, 0) is 43.9 Å². The largest absolute Gasteiger partial charge is 0.394 e. The third-order valence-corrected chi connectivity index (χ3v) is 11.0. The first kappa shape index (κ1) is 46.1. The highest BCUT2D eigenvalue weighted by Crippen LogP contribution is 2.45. The van der Waals surface area contributed by atoms with Gasteiger partial charge < -0.3 is 25.7 Å². The molecule has 1 fully saturated rings. The van der Waals surface area contributed by atoms with Gasteiger partial charge in [0.05, 0.1) is 18.8 Å². The number of hydrogen-bond acceptors (Lipinski definition) is 5. The van der Waals surface area contributed by atoms with Crippen molar-refractivity contribution in [2.75, 3.05) is 6.61 Å². The quantitative estimate of drug-likeness (QED) is 0.0329. The van der Waals surface area contributed by atoms with Crippen LogP contribution in [-0.4, -0.2) is 57.3 Å². The molecule has 1 aliphatic rings. The van der Waals surface area contributed by atoms with Gasteiger partial charge in [-0.1, -0.05) is 193 Å². The van der Waals surface area contributed by atoms with Crippen molar-refractivity contribution in [3.63, 3.8) is 0 Å². The van der Waals surface area contributed by atoms with Gasteiger partial charge in [-0.2, -0.15) is 0 Å². The van der Waals surface area contributed by atoms with Gasteiger partial charge in [0.2, 0.25) is 5.91 Å². The second-order valence-electron chi connectivity index (χ2n) is 15.6. The van der Waals surface area contributed by atoms with Crippen molar-refractivity contribution < 1.29 is 25.2 Å². The second kappa shape index (κ2) is 32.9. The maximum absolute atomic E-state index is 12.5. The molecule has 1 rings (SSSR count). The topological polar surface area (TPSA) is 110 Å². The van der Waals surface area contributed by atoms with E-state index in [9.17, 15) is 25.2 Å². The third-order valence-electron chi connectivity index (χ3n) is 11.0. The summed E-state index contributed by atoms with van der Waals surface area (Å²) in [6.07, 6.45) is 38.8. The van der Waals surface area contributed by atoms with E-state index < -0.39 is 36.9 Å². The van der Waals surface area contributed by atoms with Crippen molar-refractivity contribution in [2.45, 2.75) is 237 Å². The minimum Gasteiger partial charge on any atom is -0.394 e. The lowest BCUT2D eigenvalue weighted by Crippen LogP contribution is -2.52. The monoisotopic (exact) mass is 694 g/mol. The number of amides is 1. The van der Waals surface area contributed by atoms with Crippen molar-refractivity contribution in [3.05, 3.63) is 12.2 Å². The summed E-state index contributed by atoms with van der Waals surface area (Å²) < 4.78 is 0. The fraction of sp³-hybridized carbons (Fsp3) is 0.930. The number of rotatable bonds is 37. The maximum atomic E-state index is 12.5. The summed E-state index contributed by atoms with van der Waals surface area (Å²) in [5.41, 5.74) is 0. The lowest BCUT2D eigenvalue weighted by atomic mass is 10.0. The van der Waals surface area contributed by atoms with Crippen molar-refractivity contribution in [1.29, 1.82) is 0 Å². The molecule has 1 aliphatic carbocycles. The van der Waals surface area contributed by atoms with Gasteiger partial charge in [0.1, 0.15) is 12.2 Å². The SMILES string of the molecule is CCCCCCCCCCCCCCCCCCCCCCC[C@@H](O)C(=O)NC(CO)[C@H](O)[C@H](O)C/C=C/CCCCC1CC1CCCC. The first-order valence-electron chi connectivity index (χ1n) is 21.5. The molecule has 0 aromatic heterocycles. The highest BCUT2D eigenvalue weighted by atomic mass is 16.3. The van der Waals surface area contributed by atoms with Crippen LogP contribution < -0.4 is 5.32 Å². The van der Waals surface area contributed by atoms with Crippen LogP contribution in [0.5, 0.6) is 0 Å². The Labute approximate surface area is 303 Å². The Morgan fingerprint density at radius 1 is 0.612 bits per heavy atom. The van der Waals surface area contributed by atoms with Gasteiger partial charge in [-0.25, -0.2) is 0 Å². The molecule has 0 radical (unpaired) electrons. The average molecular weight is 694 g/mol. The van der Waals surface area contributed by atoms with Crippen molar-refractivity contribution >= 4 is 5.91 Å². The molecule has 0 aromatic carbocycles. The van der Waals surface area contributed by atoms with Gasteiger partial charge in [0.25, 0.3) is 0 Å². The normalized spacial score (nSPS) is 18.5. The van der Waals surface area contributed by atoms with E-state index in [0.717, 1.165) is 43.9 Å². The molecule has 3 unspecified atom stereocenters. The molecule has 6 nitrogen and oxygen atoms in total. The molecule has 0 heterocycles. The van der Waals surface area contributed by atoms with Crippen LogP contribution in [-0.2, 0) is 4.79 Å². The van der Waals surface area contributed by atoms with Crippen molar-refractivity contribution in [2.24, 2.45) is 11.8 Å². The molecule has 290 valence electrons. The van der Waals surface area contributed by atoms with Crippen LogP contribution >= 0.6 is 0 Å². The van der Waals surface area contributed by atoms with Crippen LogP contribution in [0.4, 0.5) is 0 Å². The molecule has 5 N–H and O–H groups in total. The summed E-state index contributed by atoms with van der Waals surface area (Å²) in [6.45, 7) is 4.04. The number of unbranched alkanes of at least 4 members (excludes halogenated alkanes) is 23. The minimum atomic E-state index is -1.30. The van der Waals surface area contributed by atoms with Crippen LogP contribution in [0.1, 0.15) is 213 Å². The molecule has 6 atom stereocenters. The van der Waals surface area contributed by atoms with Gasteiger partial charge >= 0.3 is 0 Å². The zero-order valence-electron chi connectivity index (χ0n) is 32.4. The summed E-state index contributed by atoms with van der Waals surface area (Å²) in [5, 5.41) is 43.5. The molecule has 0 aliphatic heterocycles. The zero-order valence-corrected chi connectivity index (χ0v) is 32.4. The predicted octanol–water partition coefficient (Wildman–Crippen LogP) is 10.5. The number of hydrogen-bond donors (Lipinski definition) is 5. The van der Waals surface area contributed by atoms with Crippen LogP contribution in [0.25, 0.3) is 0 Å². The number of aliphatic hydroxyl groups excluding tert-OH is 4. The molecule has 0 bridgehead atoms. The van der Waals surface area contributed by atoms with E-state index in [2.05, 4.69) is 25.2 Å². The summed E-state index contributed by atoms with van der Waals surface area (Å²) in [6, 6.07) is -1.01. The summed E-state index contributed by atoms with van der Waals surface area (Å²) in [5.74, 6) is 1.32. The zero-order chi connectivity index (χ0) is 35.8. The Bertz CT molecular complexity index is 761. The van der Waals surface area contributed by atoms with Crippen molar-refractivity contribution in [3.8, 4) is 0 Å². The van der Waals surface area contributed by atoms with E-state index in [-0.39, 0.29) is 6.42 Å². The molecular formula is C43H83NO5. The molecular weight excluding hydrogens is 610 g/mol. The Kier molecular flexibility index (Phi) is 31.0. The lowest BCUT2D eigenvalue weighted by Gasteiger charge is -2.26. The van der Waals surface area contributed by atoms with E-state index in [1.54, 1.807) is 0 Å².